The molecule has 3 aliphatic heterocycles. The Labute approximate surface area is 122 Å². The van der Waals surface area contributed by atoms with Gasteiger partial charge in [-0.1, -0.05) is 0 Å². The molecule has 3 aliphatic rings. The number of quaternary nitrogens is 1. The molecule has 0 spiro atoms. The molecule has 2 saturated heterocycles. The summed E-state index contributed by atoms with van der Waals surface area (Å²) in [5.74, 6) is -0.932. The predicted molar refractivity (Wildman–Crippen MR) is 73.1 cm³/mol. The summed E-state index contributed by atoms with van der Waals surface area (Å²) < 4.78 is 0.853. The average Bonchev–Trinajstić information content (AvgIpc) is 2.83. The fourth-order valence-electron chi connectivity index (χ4n) is 3.41. The first-order chi connectivity index (χ1) is 9.43. The molecule has 2 fully saturated rings. The van der Waals surface area contributed by atoms with Crippen molar-refractivity contribution in [2.45, 2.75) is 24.3 Å². The van der Waals surface area contributed by atoms with Crippen molar-refractivity contribution in [3.8, 4) is 0 Å². The molecule has 7 heteroatoms. The summed E-state index contributed by atoms with van der Waals surface area (Å²) in [5, 5.41) is 11.2. The minimum Gasteiger partial charge on any atom is -0.543 e. The van der Waals surface area contributed by atoms with Gasteiger partial charge in [0.1, 0.15) is 18.0 Å². The maximum Gasteiger partial charge on any atom is 0.248 e. The Morgan fingerprint density at radius 3 is 2.75 bits per heavy atom. The van der Waals surface area contributed by atoms with Gasteiger partial charge in [0.2, 0.25) is 5.91 Å². The van der Waals surface area contributed by atoms with Crippen LogP contribution in [-0.2, 0) is 9.59 Å². The number of carbonyl (C=O) groups excluding carboxylic acids is 2. The third kappa shape index (κ3) is 2.04. The second-order valence-electron chi connectivity index (χ2n) is 6.11. The molecule has 6 nitrogen and oxygen atoms in total. The number of nitrogens with two attached hydrogens (primary N) is 1. The van der Waals surface area contributed by atoms with E-state index in [1.807, 2.05) is 0 Å². The van der Waals surface area contributed by atoms with Gasteiger partial charge in [-0.05, 0) is 0 Å². The number of fused-ring (bicyclic) bond motifs is 1. The molecule has 0 aromatic heterocycles. The van der Waals surface area contributed by atoms with Gasteiger partial charge in [-0.2, -0.15) is 0 Å². The molecule has 0 aliphatic carbocycles. The second-order valence-corrected chi connectivity index (χ2v) is 7.21. The van der Waals surface area contributed by atoms with Crippen molar-refractivity contribution in [1.29, 1.82) is 0 Å². The largest absolute Gasteiger partial charge is 0.543 e. The van der Waals surface area contributed by atoms with Gasteiger partial charge in [0.15, 0.2) is 0 Å². The van der Waals surface area contributed by atoms with E-state index >= 15 is 0 Å². The second kappa shape index (κ2) is 4.75. The predicted octanol–water partition coefficient (Wildman–Crippen LogP) is -1.53. The first kappa shape index (κ1) is 13.9. The number of carboxylic acid groups (broad SMARTS) is 1. The first-order valence-corrected chi connectivity index (χ1v) is 7.95. The van der Waals surface area contributed by atoms with Crippen molar-refractivity contribution in [3.63, 3.8) is 0 Å². The Morgan fingerprint density at radius 1 is 1.50 bits per heavy atom. The molecule has 2 atom stereocenters. The van der Waals surface area contributed by atoms with Crippen LogP contribution in [0.25, 0.3) is 0 Å². The monoisotopic (exact) mass is 297 g/mol. The van der Waals surface area contributed by atoms with Crippen LogP contribution in [0.5, 0.6) is 0 Å². The summed E-state index contributed by atoms with van der Waals surface area (Å²) in [5.41, 5.74) is 6.61. The van der Waals surface area contributed by atoms with E-state index in [2.05, 4.69) is 7.05 Å². The fourth-order valence-corrected chi connectivity index (χ4v) is 4.69. The van der Waals surface area contributed by atoms with Crippen molar-refractivity contribution < 1.29 is 19.2 Å². The number of thioether (sulfide) groups is 1. The number of hydrogen-bond donors (Lipinski definition) is 1. The van der Waals surface area contributed by atoms with E-state index in [0.717, 1.165) is 23.1 Å². The molecular formula is C13H19N3O3S. The van der Waals surface area contributed by atoms with Crippen LogP contribution < -0.4 is 10.8 Å². The van der Waals surface area contributed by atoms with Crippen molar-refractivity contribution in [3.05, 3.63) is 11.3 Å². The minimum atomic E-state index is -1.25. The highest BCUT2D eigenvalue weighted by molar-refractivity contribution is 8.00. The quantitative estimate of drug-likeness (QED) is 0.505. The molecule has 0 radical (unpaired) electrons. The maximum atomic E-state index is 11.8. The molecule has 110 valence electrons. The minimum absolute atomic E-state index is 0.0756. The van der Waals surface area contributed by atoms with Crippen LogP contribution in [0.15, 0.2) is 11.3 Å². The van der Waals surface area contributed by atoms with Gasteiger partial charge in [-0.25, -0.2) is 0 Å². The molecular weight excluding hydrogens is 278 g/mol. The molecule has 3 rings (SSSR count). The first-order valence-electron chi connectivity index (χ1n) is 6.90. The maximum absolute atomic E-state index is 11.8. The number of hydrogen-bond acceptors (Lipinski definition) is 5. The van der Waals surface area contributed by atoms with Crippen LogP contribution in [0.4, 0.5) is 0 Å². The average molecular weight is 297 g/mol. The van der Waals surface area contributed by atoms with E-state index in [-0.39, 0.29) is 17.0 Å². The summed E-state index contributed by atoms with van der Waals surface area (Å²) in [6.45, 7) is 2.80. The third-order valence-corrected chi connectivity index (χ3v) is 5.86. The van der Waals surface area contributed by atoms with Crippen LogP contribution in [0.2, 0.25) is 0 Å². The van der Waals surface area contributed by atoms with Gasteiger partial charge < -0.3 is 20.1 Å². The van der Waals surface area contributed by atoms with Crippen LogP contribution in [-0.4, -0.2) is 65.1 Å². The molecule has 1 unspecified atom stereocenters. The summed E-state index contributed by atoms with van der Waals surface area (Å²) in [7, 11) is 2.15. The third-order valence-electron chi connectivity index (χ3n) is 4.50. The Kier molecular flexibility index (Phi) is 3.30. The molecule has 2 N–H and O–H groups in total. The van der Waals surface area contributed by atoms with Crippen molar-refractivity contribution in [1.82, 2.24) is 4.90 Å². The van der Waals surface area contributed by atoms with Gasteiger partial charge in [-0.15, -0.1) is 11.8 Å². The zero-order valence-corrected chi connectivity index (χ0v) is 12.3. The smallest absolute Gasteiger partial charge is 0.248 e. The Balaban J connectivity index is 1.90. The number of carboxylic acids is 1. The van der Waals surface area contributed by atoms with Gasteiger partial charge >= 0.3 is 0 Å². The molecule has 20 heavy (non-hydrogen) atoms. The highest BCUT2D eigenvalue weighted by Gasteiger charge is 2.50. The van der Waals surface area contributed by atoms with E-state index < -0.39 is 12.0 Å². The molecule has 1 amide bonds. The van der Waals surface area contributed by atoms with Crippen molar-refractivity contribution >= 4 is 23.6 Å². The summed E-state index contributed by atoms with van der Waals surface area (Å²) >= 11 is 1.56. The normalized spacial score (nSPS) is 32.1. The number of β-lactam (4-membered cyclic amide) rings is 1. The van der Waals surface area contributed by atoms with E-state index in [9.17, 15) is 14.7 Å². The van der Waals surface area contributed by atoms with Gasteiger partial charge in [0, 0.05) is 24.2 Å². The van der Waals surface area contributed by atoms with E-state index in [1.54, 1.807) is 11.8 Å². The number of nitrogens with zero attached hydrogens (tertiary/aromatic N) is 2. The van der Waals surface area contributed by atoms with E-state index in [0.29, 0.717) is 12.3 Å². The molecule has 0 bridgehead atoms. The SMILES string of the molecule is C[N+]1(CC2=C(C(=O)[O-])N3C(=O)C(N)[C@@H]3SC2)CCCC1. The number of likely N-dealkylation sites (N-methyl/N-ethyl adjacent to an activating group) is 1. The topological polar surface area (TPSA) is 86.5 Å². The fraction of sp³-hybridized carbons (Fsp3) is 0.692. The lowest BCUT2D eigenvalue weighted by Gasteiger charge is -2.50. The van der Waals surface area contributed by atoms with E-state index in [1.165, 1.54) is 17.7 Å². The van der Waals surface area contributed by atoms with Crippen LogP contribution in [0.1, 0.15) is 12.8 Å². The highest BCUT2D eigenvalue weighted by Crippen LogP contribution is 2.40. The number of aliphatic carboxylic acids is 1. The number of likely N-dealkylation sites (tertiary alicyclic amines) is 1. The zero-order chi connectivity index (χ0) is 14.5. The summed E-state index contributed by atoms with van der Waals surface area (Å²) in [6.07, 6.45) is 2.35. The van der Waals surface area contributed by atoms with Gasteiger partial charge in [0.25, 0.3) is 0 Å². The van der Waals surface area contributed by atoms with E-state index in [4.69, 9.17) is 5.73 Å². The highest BCUT2D eigenvalue weighted by atomic mass is 32.2. The summed E-state index contributed by atoms with van der Waals surface area (Å²) in [6, 6.07) is -0.576. The Bertz CT molecular complexity index is 499. The van der Waals surface area contributed by atoms with Gasteiger partial charge in [0.05, 0.1) is 31.8 Å². The van der Waals surface area contributed by atoms with Crippen LogP contribution >= 0.6 is 11.8 Å². The standard InChI is InChI=1S/C13H19N3O3S/c1-16(4-2-3-5-16)6-8-7-20-12-9(14)11(17)15(12)10(8)13(18)19/h9,12H,2-7,14H2,1H3/t9?,12-/m0/s1. The number of amides is 1. The van der Waals surface area contributed by atoms with Crippen molar-refractivity contribution in [2.75, 3.05) is 32.4 Å². The number of carbonyl (C=O) groups is 2. The lowest BCUT2D eigenvalue weighted by molar-refractivity contribution is -0.893. The zero-order valence-electron chi connectivity index (χ0n) is 11.5. The van der Waals surface area contributed by atoms with Crippen molar-refractivity contribution in [2.24, 2.45) is 5.73 Å². The summed E-state index contributed by atoms with van der Waals surface area (Å²) in [4.78, 5) is 24.6. The lowest BCUT2D eigenvalue weighted by Crippen LogP contribution is -2.69. The number of rotatable bonds is 3. The van der Waals surface area contributed by atoms with Crippen LogP contribution in [0.3, 0.4) is 0 Å². The van der Waals surface area contributed by atoms with Crippen LogP contribution in [0, 0.1) is 0 Å². The Hall–Kier alpha value is -1.05. The Morgan fingerprint density at radius 2 is 2.15 bits per heavy atom. The molecule has 0 aromatic carbocycles. The molecule has 3 heterocycles. The molecule has 0 saturated carbocycles. The lowest BCUT2D eigenvalue weighted by atomic mass is 10.0. The van der Waals surface area contributed by atoms with Gasteiger partial charge in [-0.3, -0.25) is 9.69 Å². The molecule has 0 aromatic rings.